The first-order chi connectivity index (χ1) is 15.4. The van der Waals surface area contributed by atoms with Gasteiger partial charge in [-0.2, -0.15) is 0 Å². The Morgan fingerprint density at radius 3 is 2.00 bits per heavy atom. The zero-order valence-corrected chi connectivity index (χ0v) is 19.5. The molecule has 2 aromatic carbocycles. The number of ether oxygens (including phenoxy) is 4. The Morgan fingerprint density at radius 1 is 0.844 bits per heavy atom. The summed E-state index contributed by atoms with van der Waals surface area (Å²) in [4.78, 5) is 26.0. The largest absolute Gasteiger partial charge is 0.493 e. The van der Waals surface area contributed by atoms with Gasteiger partial charge in [-0.1, -0.05) is 32.0 Å². The predicted molar refractivity (Wildman–Crippen MR) is 122 cm³/mol. The second-order valence-corrected chi connectivity index (χ2v) is 7.57. The molecule has 0 heterocycles. The minimum absolute atomic E-state index is 0.185. The summed E-state index contributed by atoms with van der Waals surface area (Å²) in [6.07, 6.45) is 0.471. The summed E-state index contributed by atoms with van der Waals surface area (Å²) in [5.41, 5.74) is 1.06. The molecule has 8 nitrogen and oxygen atoms in total. The van der Waals surface area contributed by atoms with E-state index in [1.165, 1.54) is 14.2 Å². The van der Waals surface area contributed by atoms with Gasteiger partial charge in [-0.15, -0.1) is 0 Å². The standard InChI is InChI=1S/C24H32N2O6/c1-15(2)13-18(26-23(27)17-10-8-12-20(30-4)22(17)32-6)24(28)25-14-16-9-7-11-19(29-3)21(16)31-5/h7-12,15,18H,13-14H2,1-6H3,(H,25,28)(H,26,27)/t18-/m0/s1. The highest BCUT2D eigenvalue weighted by atomic mass is 16.5. The number of amides is 2. The lowest BCUT2D eigenvalue weighted by Gasteiger charge is -2.21. The first-order valence-corrected chi connectivity index (χ1v) is 10.4. The molecule has 0 aromatic heterocycles. The van der Waals surface area contributed by atoms with E-state index in [-0.39, 0.29) is 18.4 Å². The van der Waals surface area contributed by atoms with E-state index in [1.807, 2.05) is 26.0 Å². The monoisotopic (exact) mass is 444 g/mol. The molecule has 0 aliphatic rings. The summed E-state index contributed by atoms with van der Waals surface area (Å²) in [5, 5.41) is 5.73. The van der Waals surface area contributed by atoms with Gasteiger partial charge < -0.3 is 29.6 Å². The molecule has 2 N–H and O–H groups in total. The highest BCUT2D eigenvalue weighted by molar-refractivity contribution is 6.00. The van der Waals surface area contributed by atoms with Gasteiger partial charge in [0.25, 0.3) is 5.91 Å². The minimum atomic E-state index is -0.727. The van der Waals surface area contributed by atoms with Gasteiger partial charge in [0.15, 0.2) is 23.0 Å². The number of hydrogen-bond acceptors (Lipinski definition) is 6. The predicted octanol–water partition coefficient (Wildman–Crippen LogP) is 3.18. The number of benzene rings is 2. The van der Waals surface area contributed by atoms with Crippen LogP contribution in [0.2, 0.25) is 0 Å². The fourth-order valence-corrected chi connectivity index (χ4v) is 3.40. The maximum absolute atomic E-state index is 13.0. The van der Waals surface area contributed by atoms with E-state index in [9.17, 15) is 9.59 Å². The Kier molecular flexibility index (Phi) is 9.19. The maximum atomic E-state index is 13.0. The smallest absolute Gasteiger partial charge is 0.255 e. The summed E-state index contributed by atoms with van der Waals surface area (Å²) >= 11 is 0. The molecule has 2 amide bonds. The normalized spacial score (nSPS) is 11.5. The zero-order chi connectivity index (χ0) is 23.7. The van der Waals surface area contributed by atoms with Crippen molar-refractivity contribution >= 4 is 11.8 Å². The van der Waals surface area contributed by atoms with Crippen molar-refractivity contribution in [2.24, 2.45) is 5.92 Å². The van der Waals surface area contributed by atoms with E-state index < -0.39 is 11.9 Å². The second kappa shape index (κ2) is 11.8. The Balaban J connectivity index is 2.18. The van der Waals surface area contributed by atoms with Crippen LogP contribution in [-0.4, -0.2) is 46.3 Å². The van der Waals surface area contributed by atoms with Crippen molar-refractivity contribution < 1.29 is 28.5 Å². The van der Waals surface area contributed by atoms with Crippen molar-refractivity contribution in [2.75, 3.05) is 28.4 Å². The first-order valence-electron chi connectivity index (χ1n) is 10.4. The molecule has 0 radical (unpaired) electrons. The van der Waals surface area contributed by atoms with E-state index in [0.29, 0.717) is 35.0 Å². The average Bonchev–Trinajstić information content (AvgIpc) is 2.80. The molecule has 0 spiro atoms. The zero-order valence-electron chi connectivity index (χ0n) is 19.5. The number of nitrogens with one attached hydrogen (secondary N) is 2. The van der Waals surface area contributed by atoms with E-state index in [2.05, 4.69) is 10.6 Å². The van der Waals surface area contributed by atoms with Gasteiger partial charge in [-0.05, 0) is 30.5 Å². The molecule has 2 rings (SSSR count). The molecular weight excluding hydrogens is 412 g/mol. The fourth-order valence-electron chi connectivity index (χ4n) is 3.40. The maximum Gasteiger partial charge on any atom is 0.255 e. The second-order valence-electron chi connectivity index (χ2n) is 7.57. The molecule has 174 valence electrons. The van der Waals surface area contributed by atoms with Gasteiger partial charge in [0.2, 0.25) is 5.91 Å². The van der Waals surface area contributed by atoms with E-state index in [1.54, 1.807) is 38.5 Å². The van der Waals surface area contributed by atoms with Crippen LogP contribution in [-0.2, 0) is 11.3 Å². The van der Waals surface area contributed by atoms with E-state index in [4.69, 9.17) is 18.9 Å². The summed E-state index contributed by atoms with van der Waals surface area (Å²) < 4.78 is 21.4. The average molecular weight is 445 g/mol. The summed E-state index contributed by atoms with van der Waals surface area (Å²) in [5.74, 6) is 1.37. The van der Waals surface area contributed by atoms with Crippen molar-refractivity contribution in [3.8, 4) is 23.0 Å². The molecule has 0 aliphatic heterocycles. The van der Waals surface area contributed by atoms with Crippen molar-refractivity contribution in [3.05, 3.63) is 47.5 Å². The van der Waals surface area contributed by atoms with Crippen molar-refractivity contribution in [1.29, 1.82) is 0 Å². The number of methoxy groups -OCH3 is 4. The van der Waals surface area contributed by atoms with Crippen LogP contribution in [0.4, 0.5) is 0 Å². The molecule has 32 heavy (non-hydrogen) atoms. The summed E-state index contributed by atoms with van der Waals surface area (Å²) in [6.45, 7) is 4.21. The summed E-state index contributed by atoms with van der Waals surface area (Å²) in [6, 6.07) is 9.76. The lowest BCUT2D eigenvalue weighted by Crippen LogP contribution is -2.47. The Hall–Kier alpha value is -3.42. The van der Waals surface area contributed by atoms with Gasteiger partial charge in [0, 0.05) is 12.1 Å². The minimum Gasteiger partial charge on any atom is -0.493 e. The van der Waals surface area contributed by atoms with Crippen LogP contribution in [0.5, 0.6) is 23.0 Å². The van der Waals surface area contributed by atoms with E-state index in [0.717, 1.165) is 5.56 Å². The third kappa shape index (κ3) is 6.06. The molecule has 1 atom stereocenters. The van der Waals surface area contributed by atoms with Crippen LogP contribution in [0.25, 0.3) is 0 Å². The molecule has 0 saturated carbocycles. The van der Waals surface area contributed by atoms with Crippen LogP contribution in [0.15, 0.2) is 36.4 Å². The summed E-state index contributed by atoms with van der Waals surface area (Å²) in [7, 11) is 6.07. The molecule has 8 heteroatoms. The van der Waals surface area contributed by atoms with Crippen molar-refractivity contribution in [1.82, 2.24) is 10.6 Å². The molecule has 0 unspecified atom stereocenters. The van der Waals surface area contributed by atoms with Crippen LogP contribution in [0, 0.1) is 5.92 Å². The van der Waals surface area contributed by atoms with Gasteiger partial charge in [0.05, 0.1) is 34.0 Å². The Morgan fingerprint density at radius 2 is 1.44 bits per heavy atom. The van der Waals surface area contributed by atoms with Crippen LogP contribution in [0.3, 0.4) is 0 Å². The van der Waals surface area contributed by atoms with Crippen LogP contribution < -0.4 is 29.6 Å². The molecule has 0 aliphatic carbocycles. The lowest BCUT2D eigenvalue weighted by molar-refractivity contribution is -0.123. The van der Waals surface area contributed by atoms with Gasteiger partial charge in [0.1, 0.15) is 6.04 Å². The third-order valence-electron chi connectivity index (χ3n) is 4.91. The van der Waals surface area contributed by atoms with Gasteiger partial charge in [-0.3, -0.25) is 9.59 Å². The Bertz CT molecular complexity index is 929. The van der Waals surface area contributed by atoms with Crippen molar-refractivity contribution in [3.63, 3.8) is 0 Å². The lowest BCUT2D eigenvalue weighted by atomic mass is 10.0. The number of carbonyl (C=O) groups excluding carboxylic acids is 2. The third-order valence-corrected chi connectivity index (χ3v) is 4.91. The number of carbonyl (C=O) groups is 2. The highest BCUT2D eigenvalue weighted by Gasteiger charge is 2.25. The Labute approximate surface area is 189 Å². The van der Waals surface area contributed by atoms with Gasteiger partial charge in [-0.25, -0.2) is 0 Å². The van der Waals surface area contributed by atoms with Crippen LogP contribution >= 0.6 is 0 Å². The quantitative estimate of drug-likeness (QED) is 0.553. The SMILES string of the molecule is COc1cccc(CNC(=O)[C@H](CC(C)C)NC(=O)c2cccc(OC)c2OC)c1OC. The fraction of sp³-hybridized carbons (Fsp3) is 0.417. The van der Waals surface area contributed by atoms with Gasteiger partial charge >= 0.3 is 0 Å². The number of hydrogen-bond donors (Lipinski definition) is 2. The van der Waals surface area contributed by atoms with E-state index >= 15 is 0 Å². The molecule has 0 saturated heterocycles. The number of para-hydroxylation sites is 2. The topological polar surface area (TPSA) is 95.1 Å². The first kappa shape index (κ1) is 24.8. The van der Waals surface area contributed by atoms with Crippen LogP contribution in [0.1, 0.15) is 36.2 Å². The molecular formula is C24H32N2O6. The molecule has 0 bridgehead atoms. The highest BCUT2D eigenvalue weighted by Crippen LogP contribution is 2.31. The molecule has 2 aromatic rings. The number of rotatable bonds is 11. The van der Waals surface area contributed by atoms with Crippen molar-refractivity contribution in [2.45, 2.75) is 32.9 Å². The molecule has 0 fully saturated rings.